The average molecular weight is 517 g/mol. The van der Waals surface area contributed by atoms with Crippen LogP contribution >= 0.6 is 0 Å². The van der Waals surface area contributed by atoms with Crippen molar-refractivity contribution in [3.05, 3.63) is 82.9 Å². The minimum Gasteiger partial charge on any atom is -0.489 e. The number of fused-ring (bicyclic) bond motifs is 1. The van der Waals surface area contributed by atoms with Crippen LogP contribution in [-0.4, -0.2) is 40.1 Å². The molecule has 0 bridgehead atoms. The number of hydrogen-bond acceptors (Lipinski definition) is 6. The van der Waals surface area contributed by atoms with E-state index in [9.17, 15) is 26.8 Å². The van der Waals surface area contributed by atoms with Crippen LogP contribution in [0.1, 0.15) is 33.2 Å². The number of esters is 1. The molecule has 0 spiro atoms. The standard InChI is InChI=1S/C25H22F2N2O6S/c1-3-34-25(31)19-8-7-18(14-20(19)27)28-24(30)16-5-9-22-21(12-16)29(10-11-35-22)36(32,33)23-13-17(26)6-4-15(23)2/h4-9,12-14H,3,10-11H2,1-2H3,(H,28,30). The number of nitrogens with zero attached hydrogens (tertiary/aromatic N) is 1. The van der Waals surface area contributed by atoms with E-state index in [-0.39, 0.29) is 52.9 Å². The van der Waals surface area contributed by atoms with Crippen molar-refractivity contribution in [1.29, 1.82) is 0 Å². The molecule has 0 unspecified atom stereocenters. The smallest absolute Gasteiger partial charge is 0.341 e. The van der Waals surface area contributed by atoms with Gasteiger partial charge in [0.2, 0.25) is 0 Å². The first-order chi connectivity index (χ1) is 17.1. The van der Waals surface area contributed by atoms with E-state index in [1.807, 2.05) is 0 Å². The van der Waals surface area contributed by atoms with Crippen LogP contribution in [0.25, 0.3) is 0 Å². The Morgan fingerprint density at radius 3 is 2.58 bits per heavy atom. The normalized spacial score (nSPS) is 12.9. The molecule has 3 aromatic carbocycles. The Balaban J connectivity index is 1.63. The summed E-state index contributed by atoms with van der Waals surface area (Å²) in [6.07, 6.45) is 0. The van der Waals surface area contributed by atoms with Crippen LogP contribution in [0.5, 0.6) is 5.75 Å². The minimum atomic E-state index is -4.17. The van der Waals surface area contributed by atoms with Crippen LogP contribution in [-0.2, 0) is 14.8 Å². The zero-order valence-electron chi connectivity index (χ0n) is 19.4. The largest absolute Gasteiger partial charge is 0.489 e. The third-order valence-electron chi connectivity index (χ3n) is 5.48. The number of hydrogen-bond donors (Lipinski definition) is 1. The van der Waals surface area contributed by atoms with Gasteiger partial charge in [-0.25, -0.2) is 22.0 Å². The number of aryl methyl sites for hydroxylation is 1. The highest BCUT2D eigenvalue weighted by molar-refractivity contribution is 7.92. The van der Waals surface area contributed by atoms with Gasteiger partial charge in [0.1, 0.15) is 24.0 Å². The molecule has 0 saturated heterocycles. The Morgan fingerprint density at radius 1 is 1.08 bits per heavy atom. The van der Waals surface area contributed by atoms with Gasteiger partial charge in [0.15, 0.2) is 0 Å². The molecule has 0 aliphatic carbocycles. The first-order valence-corrected chi connectivity index (χ1v) is 12.4. The lowest BCUT2D eigenvalue weighted by Gasteiger charge is -2.31. The SMILES string of the molecule is CCOC(=O)c1ccc(NC(=O)c2ccc3c(c2)N(S(=O)(=O)c2cc(F)ccc2C)CCO3)cc1F. The highest BCUT2D eigenvalue weighted by Crippen LogP contribution is 2.37. The Morgan fingerprint density at radius 2 is 1.86 bits per heavy atom. The molecule has 4 rings (SSSR count). The fourth-order valence-corrected chi connectivity index (χ4v) is 5.42. The van der Waals surface area contributed by atoms with E-state index >= 15 is 0 Å². The number of amides is 1. The minimum absolute atomic E-state index is 0.0447. The van der Waals surface area contributed by atoms with E-state index in [2.05, 4.69) is 5.32 Å². The van der Waals surface area contributed by atoms with E-state index in [1.165, 1.54) is 42.5 Å². The average Bonchev–Trinajstić information content (AvgIpc) is 2.84. The van der Waals surface area contributed by atoms with Crippen molar-refractivity contribution in [2.24, 2.45) is 0 Å². The van der Waals surface area contributed by atoms with Gasteiger partial charge in [-0.2, -0.15) is 0 Å². The molecule has 0 saturated carbocycles. The third-order valence-corrected chi connectivity index (χ3v) is 7.44. The van der Waals surface area contributed by atoms with E-state index in [4.69, 9.17) is 9.47 Å². The summed E-state index contributed by atoms with van der Waals surface area (Å²) in [7, 11) is -4.17. The molecule has 1 amide bonds. The third kappa shape index (κ3) is 4.87. The van der Waals surface area contributed by atoms with Crippen molar-refractivity contribution in [3.8, 4) is 5.75 Å². The molecule has 3 aromatic rings. The molecule has 0 atom stereocenters. The zero-order valence-corrected chi connectivity index (χ0v) is 20.2. The second-order valence-corrected chi connectivity index (χ2v) is 9.72. The van der Waals surface area contributed by atoms with Crippen LogP contribution in [0.15, 0.2) is 59.5 Å². The van der Waals surface area contributed by atoms with E-state index in [0.29, 0.717) is 5.56 Å². The second-order valence-electron chi connectivity index (χ2n) is 7.89. The summed E-state index contributed by atoms with van der Waals surface area (Å²) in [5.41, 5.74) is 0.368. The number of carbonyl (C=O) groups excluding carboxylic acids is 2. The van der Waals surface area contributed by atoms with E-state index in [1.54, 1.807) is 13.8 Å². The lowest BCUT2D eigenvalue weighted by atomic mass is 10.1. The lowest BCUT2D eigenvalue weighted by molar-refractivity contribution is 0.0521. The number of benzene rings is 3. The lowest BCUT2D eigenvalue weighted by Crippen LogP contribution is -2.38. The van der Waals surface area contributed by atoms with Crippen molar-refractivity contribution in [2.45, 2.75) is 18.7 Å². The maximum atomic E-state index is 14.3. The number of rotatable bonds is 6. The highest BCUT2D eigenvalue weighted by Gasteiger charge is 2.32. The topological polar surface area (TPSA) is 102 Å². The van der Waals surface area contributed by atoms with Gasteiger partial charge in [0, 0.05) is 11.3 Å². The molecule has 188 valence electrons. The molecule has 1 aliphatic rings. The first-order valence-electron chi connectivity index (χ1n) is 11.0. The molecule has 0 fully saturated rings. The van der Waals surface area contributed by atoms with Gasteiger partial charge in [-0.1, -0.05) is 6.07 Å². The van der Waals surface area contributed by atoms with Gasteiger partial charge in [-0.05, 0) is 67.9 Å². The second kappa shape index (κ2) is 9.94. The van der Waals surface area contributed by atoms with Crippen LogP contribution in [0.3, 0.4) is 0 Å². The van der Waals surface area contributed by atoms with Gasteiger partial charge >= 0.3 is 5.97 Å². The van der Waals surface area contributed by atoms with Gasteiger partial charge < -0.3 is 14.8 Å². The van der Waals surface area contributed by atoms with Crippen LogP contribution in [0.2, 0.25) is 0 Å². The Labute approximate surface area is 206 Å². The Hall–Kier alpha value is -3.99. The maximum Gasteiger partial charge on any atom is 0.341 e. The summed E-state index contributed by atoms with van der Waals surface area (Å²) < 4.78 is 66.4. The van der Waals surface area contributed by atoms with Gasteiger partial charge in [-0.3, -0.25) is 9.10 Å². The molecule has 0 radical (unpaired) electrons. The summed E-state index contributed by atoms with van der Waals surface area (Å²) in [5.74, 6) is -2.79. The number of nitrogens with one attached hydrogen (secondary N) is 1. The molecule has 11 heteroatoms. The van der Waals surface area contributed by atoms with Crippen molar-refractivity contribution >= 4 is 33.3 Å². The molecule has 36 heavy (non-hydrogen) atoms. The van der Waals surface area contributed by atoms with E-state index < -0.39 is 33.5 Å². The number of sulfonamides is 1. The predicted molar refractivity (Wildman–Crippen MR) is 128 cm³/mol. The molecule has 8 nitrogen and oxygen atoms in total. The molecular formula is C25H22F2N2O6S. The molecule has 0 aromatic heterocycles. The van der Waals surface area contributed by atoms with Crippen LogP contribution in [0.4, 0.5) is 20.2 Å². The summed E-state index contributed by atoms with van der Waals surface area (Å²) in [6.45, 7) is 3.27. The fraction of sp³-hybridized carbons (Fsp3) is 0.200. The summed E-state index contributed by atoms with van der Waals surface area (Å²) in [5, 5.41) is 2.52. The monoisotopic (exact) mass is 516 g/mol. The highest BCUT2D eigenvalue weighted by atomic mass is 32.2. The summed E-state index contributed by atoms with van der Waals surface area (Å²) >= 11 is 0. The maximum absolute atomic E-state index is 14.3. The van der Waals surface area contributed by atoms with Crippen LogP contribution < -0.4 is 14.4 Å². The van der Waals surface area contributed by atoms with Crippen molar-refractivity contribution in [1.82, 2.24) is 0 Å². The summed E-state index contributed by atoms with van der Waals surface area (Å²) in [4.78, 5) is 24.5. The number of anilines is 2. The molecule has 1 N–H and O–H groups in total. The van der Waals surface area contributed by atoms with Gasteiger partial charge in [-0.15, -0.1) is 0 Å². The zero-order chi connectivity index (χ0) is 26.0. The molecule has 1 heterocycles. The number of carbonyl (C=O) groups is 2. The van der Waals surface area contributed by atoms with Crippen molar-refractivity contribution in [2.75, 3.05) is 29.4 Å². The van der Waals surface area contributed by atoms with E-state index in [0.717, 1.165) is 16.4 Å². The van der Waals surface area contributed by atoms with Gasteiger partial charge in [0.25, 0.3) is 15.9 Å². The van der Waals surface area contributed by atoms with Crippen LogP contribution in [0, 0.1) is 18.6 Å². The number of ether oxygens (including phenoxy) is 2. The fourth-order valence-electron chi connectivity index (χ4n) is 3.73. The van der Waals surface area contributed by atoms with Gasteiger partial charge in [0.05, 0.1) is 29.3 Å². The first kappa shape index (κ1) is 25.1. The molecular weight excluding hydrogens is 494 g/mol. The van der Waals surface area contributed by atoms with Crippen molar-refractivity contribution < 1.29 is 36.3 Å². The Kier molecular flexibility index (Phi) is 6.93. The predicted octanol–water partition coefficient (Wildman–Crippen LogP) is 4.29. The Bertz CT molecular complexity index is 1460. The van der Waals surface area contributed by atoms with Crippen molar-refractivity contribution in [3.63, 3.8) is 0 Å². The summed E-state index contributed by atoms with van der Waals surface area (Å²) in [6, 6.07) is 11.2. The quantitative estimate of drug-likeness (QED) is 0.491. The number of halogens is 2. The molecule has 1 aliphatic heterocycles.